The van der Waals surface area contributed by atoms with E-state index in [0.717, 1.165) is 77.2 Å². The molecule has 0 amide bonds. The number of nitrogens with zero attached hydrogens (tertiary/aromatic N) is 4. The van der Waals surface area contributed by atoms with Gasteiger partial charge < -0.3 is 0 Å². The molecule has 0 bridgehead atoms. The van der Waals surface area contributed by atoms with Crippen LogP contribution in [0.25, 0.3) is 99.1 Å². The second kappa shape index (κ2) is 16.4. The molecule has 4 nitrogen and oxygen atoms in total. The highest BCUT2D eigenvalue weighted by Gasteiger charge is 2.46. The predicted molar refractivity (Wildman–Crippen MR) is 280 cm³/mol. The normalized spacial score (nSPS) is 12.5. The van der Waals surface area contributed by atoms with Crippen LogP contribution in [0.15, 0.2) is 243 Å². The Kier molecular flexibility index (Phi) is 9.55. The van der Waals surface area contributed by atoms with Crippen molar-refractivity contribution in [3.05, 3.63) is 265 Å². The van der Waals surface area contributed by atoms with Gasteiger partial charge in [-0.2, -0.15) is 0 Å². The quantitative estimate of drug-likeness (QED) is 0.153. The van der Waals surface area contributed by atoms with Crippen LogP contribution in [-0.2, 0) is 5.41 Å². The molecule has 3 aromatic heterocycles. The highest BCUT2D eigenvalue weighted by Crippen LogP contribution is 2.58. The second-order valence-corrected chi connectivity index (χ2v) is 18.3. The fraction of sp³-hybridized carbons (Fsp3) is 0.0159. The molecule has 0 atom stereocenters. The van der Waals surface area contributed by atoms with Crippen LogP contribution < -0.4 is 0 Å². The molecule has 0 saturated heterocycles. The van der Waals surface area contributed by atoms with E-state index in [9.17, 15) is 0 Å². The molecule has 0 N–H and O–H groups in total. The first-order chi connectivity index (χ1) is 33.7. The average molecular weight is 885 g/mol. The van der Waals surface area contributed by atoms with Gasteiger partial charge in [-0.3, -0.25) is 0 Å². The largest absolute Gasteiger partial charge is 0.228 e. The van der Waals surface area contributed by atoms with Crippen molar-refractivity contribution in [2.24, 2.45) is 0 Å². The molecule has 68 heavy (non-hydrogen) atoms. The molecular formula is C63H40N4S. The van der Waals surface area contributed by atoms with Crippen LogP contribution in [0, 0.1) is 0 Å². The number of hydrogen-bond donors (Lipinski definition) is 0. The molecule has 13 rings (SSSR count). The Labute approximate surface area is 398 Å². The summed E-state index contributed by atoms with van der Waals surface area (Å²) < 4.78 is 2.24. The van der Waals surface area contributed by atoms with Crippen molar-refractivity contribution in [2.45, 2.75) is 5.41 Å². The van der Waals surface area contributed by atoms with Crippen molar-refractivity contribution in [2.75, 3.05) is 0 Å². The fourth-order valence-corrected chi connectivity index (χ4v) is 11.5. The van der Waals surface area contributed by atoms with Crippen LogP contribution in [0.5, 0.6) is 0 Å². The molecule has 3 heterocycles. The molecule has 1 aliphatic rings. The summed E-state index contributed by atoms with van der Waals surface area (Å²) in [4.78, 5) is 22.2. The molecule has 1 aliphatic carbocycles. The Balaban J connectivity index is 1.16. The molecule has 0 saturated carbocycles. The van der Waals surface area contributed by atoms with E-state index in [2.05, 4.69) is 231 Å². The minimum atomic E-state index is -0.646. The monoisotopic (exact) mass is 884 g/mol. The van der Waals surface area contributed by atoms with Crippen LogP contribution in [0.1, 0.15) is 22.3 Å². The lowest BCUT2D eigenvalue weighted by atomic mass is 9.67. The van der Waals surface area contributed by atoms with E-state index in [1.54, 1.807) is 11.3 Å². The summed E-state index contributed by atoms with van der Waals surface area (Å²) in [5.74, 6) is 1.27. The highest BCUT2D eigenvalue weighted by molar-refractivity contribution is 7.26. The molecule has 5 heteroatoms. The fourth-order valence-electron chi connectivity index (χ4n) is 10.3. The van der Waals surface area contributed by atoms with E-state index in [4.69, 9.17) is 19.9 Å². The first-order valence-corrected chi connectivity index (χ1v) is 23.8. The van der Waals surface area contributed by atoms with Gasteiger partial charge in [-0.1, -0.05) is 212 Å². The van der Waals surface area contributed by atoms with Gasteiger partial charge in [0.1, 0.15) is 0 Å². The maximum Gasteiger partial charge on any atom is 0.161 e. The summed E-state index contributed by atoms with van der Waals surface area (Å²) >= 11 is 1.75. The molecule has 0 fully saturated rings. The summed E-state index contributed by atoms with van der Waals surface area (Å²) in [6, 6.07) is 86.2. The van der Waals surface area contributed by atoms with Crippen LogP contribution in [0.2, 0.25) is 0 Å². The molecule has 0 radical (unpaired) electrons. The van der Waals surface area contributed by atoms with E-state index >= 15 is 0 Å². The lowest BCUT2D eigenvalue weighted by Crippen LogP contribution is -2.28. The van der Waals surface area contributed by atoms with Gasteiger partial charge in [0.15, 0.2) is 11.6 Å². The average Bonchev–Trinajstić information content (AvgIpc) is 3.95. The van der Waals surface area contributed by atoms with Crippen LogP contribution >= 0.6 is 11.3 Å². The number of aromatic nitrogens is 4. The van der Waals surface area contributed by atoms with Gasteiger partial charge in [0, 0.05) is 37.9 Å². The summed E-state index contributed by atoms with van der Waals surface area (Å²) in [5.41, 5.74) is 16.9. The van der Waals surface area contributed by atoms with Gasteiger partial charge in [-0.25, -0.2) is 19.9 Å². The second-order valence-electron chi connectivity index (χ2n) is 17.3. The van der Waals surface area contributed by atoms with Crippen molar-refractivity contribution in [3.8, 4) is 78.8 Å². The van der Waals surface area contributed by atoms with Gasteiger partial charge in [-0.15, -0.1) is 11.3 Å². The van der Waals surface area contributed by atoms with Gasteiger partial charge >= 0.3 is 0 Å². The Morgan fingerprint density at radius 3 is 1.62 bits per heavy atom. The van der Waals surface area contributed by atoms with Crippen molar-refractivity contribution < 1.29 is 0 Å². The third-order valence-electron chi connectivity index (χ3n) is 13.4. The Morgan fingerprint density at radius 2 is 0.897 bits per heavy atom. The van der Waals surface area contributed by atoms with Crippen LogP contribution in [-0.4, -0.2) is 19.9 Å². The maximum atomic E-state index is 5.65. The number of rotatable bonds is 8. The maximum absolute atomic E-state index is 5.65. The van der Waals surface area contributed by atoms with E-state index in [1.807, 2.05) is 12.1 Å². The summed E-state index contributed by atoms with van der Waals surface area (Å²) in [6.45, 7) is 0. The standard InChI is InChI=1S/C63H40N4S/c1-6-21-41(22-7-1)44-27-20-28-45(37-44)61-64-55(42-23-8-2-9-24-42)40-56(65-61)51-38-50-48-33-16-18-35-53(48)63(46-29-12-4-13-30-46,47-31-14-5-15-32-47)54(50)39-52(51)62-66-58(43-25-10-3-11-26-43)60-59(67-62)49-34-17-19-36-57(49)68-60/h1-40H. The van der Waals surface area contributed by atoms with E-state index in [1.165, 1.54) is 32.5 Å². The van der Waals surface area contributed by atoms with E-state index in [0.29, 0.717) is 11.6 Å². The van der Waals surface area contributed by atoms with Crippen molar-refractivity contribution in [1.82, 2.24) is 19.9 Å². The van der Waals surface area contributed by atoms with Gasteiger partial charge in [-0.05, 0) is 74.8 Å². The third-order valence-corrected chi connectivity index (χ3v) is 14.6. The Bertz CT molecular complexity index is 3790. The predicted octanol–water partition coefficient (Wildman–Crippen LogP) is 16.0. The molecule has 0 aliphatic heterocycles. The van der Waals surface area contributed by atoms with Gasteiger partial charge in [0.2, 0.25) is 0 Å². The number of benzene rings is 9. The molecule has 9 aromatic carbocycles. The summed E-state index contributed by atoms with van der Waals surface area (Å²) in [5, 5.41) is 1.11. The molecular weight excluding hydrogens is 845 g/mol. The first-order valence-electron chi connectivity index (χ1n) is 23.0. The van der Waals surface area contributed by atoms with Crippen molar-refractivity contribution >= 4 is 31.6 Å². The van der Waals surface area contributed by atoms with Gasteiger partial charge in [0.25, 0.3) is 0 Å². The van der Waals surface area contributed by atoms with Crippen molar-refractivity contribution in [1.29, 1.82) is 0 Å². The molecule has 318 valence electrons. The van der Waals surface area contributed by atoms with E-state index < -0.39 is 5.41 Å². The Hall–Kier alpha value is -8.64. The van der Waals surface area contributed by atoms with E-state index in [-0.39, 0.29) is 0 Å². The third kappa shape index (κ3) is 6.51. The van der Waals surface area contributed by atoms with Crippen LogP contribution in [0.4, 0.5) is 0 Å². The zero-order chi connectivity index (χ0) is 45.0. The molecule has 0 spiro atoms. The minimum Gasteiger partial charge on any atom is -0.228 e. The van der Waals surface area contributed by atoms with Crippen molar-refractivity contribution in [3.63, 3.8) is 0 Å². The zero-order valence-corrected chi connectivity index (χ0v) is 37.6. The number of fused-ring (bicyclic) bond motifs is 6. The zero-order valence-electron chi connectivity index (χ0n) is 36.8. The summed E-state index contributed by atoms with van der Waals surface area (Å²) in [6.07, 6.45) is 0. The highest BCUT2D eigenvalue weighted by atomic mass is 32.1. The lowest BCUT2D eigenvalue weighted by Gasteiger charge is -2.34. The minimum absolute atomic E-state index is 0.635. The SMILES string of the molecule is c1ccc(-c2cccc(-c3nc(-c4ccccc4)cc(-c4cc5c(cc4-c4nc(-c6ccccc6)c6sc7ccccc7c6n4)C(c4ccccc4)(c4ccccc4)c4ccccc4-5)n3)c2)cc1. The Morgan fingerprint density at radius 1 is 0.324 bits per heavy atom. The van der Waals surface area contributed by atoms with Gasteiger partial charge in [0.05, 0.1) is 32.7 Å². The number of hydrogen-bond acceptors (Lipinski definition) is 5. The van der Waals surface area contributed by atoms with Crippen LogP contribution in [0.3, 0.4) is 0 Å². The summed E-state index contributed by atoms with van der Waals surface area (Å²) in [7, 11) is 0. The topological polar surface area (TPSA) is 51.6 Å². The number of thiophene rings is 1. The first kappa shape index (κ1) is 39.7. The molecule has 0 unspecified atom stereocenters. The molecule has 12 aromatic rings. The lowest BCUT2D eigenvalue weighted by molar-refractivity contribution is 0.768. The smallest absolute Gasteiger partial charge is 0.161 e.